The van der Waals surface area contributed by atoms with Gasteiger partial charge in [0.1, 0.15) is 0 Å². The summed E-state index contributed by atoms with van der Waals surface area (Å²) >= 11 is 0. The van der Waals surface area contributed by atoms with Crippen molar-refractivity contribution in [3.05, 3.63) is 0 Å². The van der Waals surface area contributed by atoms with Crippen LogP contribution >= 0.6 is 0 Å². The summed E-state index contributed by atoms with van der Waals surface area (Å²) in [6.45, 7) is -1.37. The number of hydrogen-bond acceptors (Lipinski definition) is 2. The number of halogens is 5. The van der Waals surface area contributed by atoms with Crippen LogP contribution in [0.2, 0.25) is 0 Å². The van der Waals surface area contributed by atoms with E-state index in [0.29, 0.717) is 0 Å². The van der Waals surface area contributed by atoms with E-state index in [1.807, 2.05) is 0 Å². The molecule has 0 aliphatic carbocycles. The predicted molar refractivity (Wildman–Crippen MR) is 27.9 cm³/mol. The van der Waals surface area contributed by atoms with Gasteiger partial charge in [0.2, 0.25) is 0 Å². The molecule has 0 N–H and O–H groups in total. The van der Waals surface area contributed by atoms with E-state index in [0.717, 1.165) is 0 Å². The molecule has 0 saturated carbocycles. The summed E-state index contributed by atoms with van der Waals surface area (Å²) in [4.78, 5) is 10.1. The van der Waals surface area contributed by atoms with E-state index >= 15 is 0 Å². The fourth-order valence-corrected chi connectivity index (χ4v) is 0.328. The molecule has 0 rings (SSSR count). The van der Waals surface area contributed by atoms with Crippen molar-refractivity contribution in [3.63, 3.8) is 0 Å². The highest BCUT2D eigenvalue weighted by Crippen LogP contribution is 2.07. The van der Waals surface area contributed by atoms with Crippen LogP contribution in [0.3, 0.4) is 0 Å². The molecule has 0 radical (unpaired) electrons. The van der Waals surface area contributed by atoms with Crippen molar-refractivity contribution in [3.8, 4) is 0 Å². The molecule has 1 unspecified atom stereocenters. The first-order chi connectivity index (χ1) is 5.45. The van der Waals surface area contributed by atoms with Crippen molar-refractivity contribution in [1.29, 1.82) is 0 Å². The molecule has 0 aliphatic rings. The van der Waals surface area contributed by atoms with Crippen LogP contribution in [-0.2, 0) is 9.53 Å². The first kappa shape index (κ1) is 11.1. The van der Waals surface area contributed by atoms with Crippen LogP contribution in [0.5, 0.6) is 0 Å². The number of rotatable bonds is 4. The number of carbonyl (C=O) groups is 1. The molecule has 1 atom stereocenters. The average molecular weight is 192 g/mol. The van der Waals surface area contributed by atoms with Gasteiger partial charge in [-0.05, 0) is 0 Å². The number of ether oxygens (including phenoxy) is 1. The third-order valence-corrected chi connectivity index (χ3v) is 0.798. The highest BCUT2D eigenvalue weighted by Gasteiger charge is 2.29. The monoisotopic (exact) mass is 192 g/mol. The van der Waals surface area contributed by atoms with Gasteiger partial charge in [0.05, 0.1) is 0 Å². The molecule has 0 aromatic heterocycles. The van der Waals surface area contributed by atoms with Crippen LogP contribution in [0.25, 0.3) is 0 Å². The summed E-state index contributed by atoms with van der Waals surface area (Å²) in [6, 6.07) is 0. The van der Waals surface area contributed by atoms with E-state index in [9.17, 15) is 26.7 Å². The third kappa shape index (κ3) is 4.09. The Morgan fingerprint density at radius 1 is 1.17 bits per heavy atom. The standard InChI is InChI=1S/C5H5F5O2/c6-2(7)1-12-5(11)3(8)4(9)10/h2-4H,1H2. The molecule has 0 amide bonds. The summed E-state index contributed by atoms with van der Waals surface area (Å²) in [5.41, 5.74) is 0. The molecule has 7 heteroatoms. The topological polar surface area (TPSA) is 26.3 Å². The van der Waals surface area contributed by atoms with Gasteiger partial charge in [-0.25, -0.2) is 26.7 Å². The molecule has 0 saturated heterocycles. The van der Waals surface area contributed by atoms with Gasteiger partial charge in [0, 0.05) is 0 Å². The van der Waals surface area contributed by atoms with Crippen molar-refractivity contribution < 1.29 is 31.5 Å². The van der Waals surface area contributed by atoms with Gasteiger partial charge in [-0.1, -0.05) is 0 Å². The van der Waals surface area contributed by atoms with E-state index in [1.54, 1.807) is 0 Å². The summed E-state index contributed by atoms with van der Waals surface area (Å²) in [7, 11) is 0. The van der Waals surface area contributed by atoms with Crippen molar-refractivity contribution in [2.45, 2.75) is 19.0 Å². The first-order valence-corrected chi connectivity index (χ1v) is 2.82. The maximum Gasteiger partial charge on any atom is 0.347 e. The molecular weight excluding hydrogens is 187 g/mol. The Labute approximate surface area is 64.3 Å². The zero-order chi connectivity index (χ0) is 9.72. The second-order valence-corrected chi connectivity index (χ2v) is 1.76. The largest absolute Gasteiger partial charge is 0.457 e. The fraction of sp³-hybridized carbons (Fsp3) is 0.800. The van der Waals surface area contributed by atoms with E-state index in [-0.39, 0.29) is 0 Å². The summed E-state index contributed by atoms with van der Waals surface area (Å²) in [5.74, 6) is -1.97. The molecular formula is C5H5F5O2. The van der Waals surface area contributed by atoms with E-state index in [4.69, 9.17) is 0 Å². The van der Waals surface area contributed by atoms with Crippen molar-refractivity contribution >= 4 is 5.97 Å². The highest BCUT2D eigenvalue weighted by atomic mass is 19.3. The van der Waals surface area contributed by atoms with Gasteiger partial charge in [-0.2, -0.15) is 0 Å². The Bertz CT molecular complexity index is 149. The second kappa shape index (κ2) is 4.89. The molecule has 0 spiro atoms. The van der Waals surface area contributed by atoms with E-state index < -0.39 is 31.6 Å². The molecule has 0 aliphatic heterocycles. The van der Waals surface area contributed by atoms with Crippen LogP contribution in [0.1, 0.15) is 0 Å². The lowest BCUT2D eigenvalue weighted by Crippen LogP contribution is -2.27. The highest BCUT2D eigenvalue weighted by molar-refractivity contribution is 5.74. The zero-order valence-electron chi connectivity index (χ0n) is 5.65. The van der Waals surface area contributed by atoms with Crippen LogP contribution in [0.15, 0.2) is 0 Å². The van der Waals surface area contributed by atoms with Gasteiger partial charge in [0.25, 0.3) is 19.0 Å². The Hall–Kier alpha value is -0.880. The number of alkyl halides is 5. The lowest BCUT2D eigenvalue weighted by molar-refractivity contribution is -0.159. The van der Waals surface area contributed by atoms with Gasteiger partial charge in [0.15, 0.2) is 6.61 Å². The molecule has 0 heterocycles. The van der Waals surface area contributed by atoms with Crippen LogP contribution < -0.4 is 0 Å². The van der Waals surface area contributed by atoms with Crippen LogP contribution in [-0.4, -0.2) is 31.6 Å². The third-order valence-electron chi connectivity index (χ3n) is 0.798. The molecule has 2 nitrogen and oxygen atoms in total. The second-order valence-electron chi connectivity index (χ2n) is 1.76. The zero-order valence-corrected chi connectivity index (χ0v) is 5.65. The molecule has 0 aromatic rings. The summed E-state index contributed by atoms with van der Waals surface area (Å²) in [6.07, 6.45) is -9.68. The molecule has 0 fully saturated rings. The number of hydrogen-bond donors (Lipinski definition) is 0. The minimum Gasteiger partial charge on any atom is -0.457 e. The predicted octanol–water partition coefficient (Wildman–Crippen LogP) is 1.40. The Kier molecular flexibility index (Phi) is 4.53. The quantitative estimate of drug-likeness (QED) is 0.497. The van der Waals surface area contributed by atoms with Crippen LogP contribution in [0.4, 0.5) is 22.0 Å². The van der Waals surface area contributed by atoms with Crippen molar-refractivity contribution in [2.75, 3.05) is 6.61 Å². The van der Waals surface area contributed by atoms with Crippen molar-refractivity contribution in [2.24, 2.45) is 0 Å². The molecule has 0 bridgehead atoms. The Balaban J connectivity index is 3.72. The number of esters is 1. The normalized spacial score (nSPS) is 13.6. The maximum atomic E-state index is 11.9. The lowest BCUT2D eigenvalue weighted by atomic mass is 10.4. The minimum atomic E-state index is -3.55. The van der Waals surface area contributed by atoms with Crippen LogP contribution in [0, 0.1) is 0 Å². The van der Waals surface area contributed by atoms with E-state index in [2.05, 4.69) is 4.74 Å². The van der Waals surface area contributed by atoms with E-state index in [1.165, 1.54) is 0 Å². The SMILES string of the molecule is O=C(OCC(F)F)C(F)C(F)F. The summed E-state index contributed by atoms with van der Waals surface area (Å²) in [5, 5.41) is 0. The Morgan fingerprint density at radius 2 is 1.67 bits per heavy atom. The first-order valence-electron chi connectivity index (χ1n) is 2.82. The van der Waals surface area contributed by atoms with Gasteiger partial charge in [-0.15, -0.1) is 0 Å². The number of carbonyl (C=O) groups excluding carboxylic acids is 1. The fourth-order valence-electron chi connectivity index (χ4n) is 0.328. The molecule has 12 heavy (non-hydrogen) atoms. The molecule has 0 aromatic carbocycles. The van der Waals surface area contributed by atoms with Gasteiger partial charge >= 0.3 is 5.97 Å². The smallest absolute Gasteiger partial charge is 0.347 e. The van der Waals surface area contributed by atoms with Gasteiger partial charge in [-0.3, -0.25) is 0 Å². The Morgan fingerprint density at radius 3 is 2.00 bits per heavy atom. The lowest BCUT2D eigenvalue weighted by Gasteiger charge is -2.06. The summed E-state index contributed by atoms with van der Waals surface area (Å²) < 4.78 is 60.6. The minimum absolute atomic E-state index is 1.37. The van der Waals surface area contributed by atoms with Crippen molar-refractivity contribution in [1.82, 2.24) is 0 Å². The average Bonchev–Trinajstić information content (AvgIpc) is 1.98. The van der Waals surface area contributed by atoms with Gasteiger partial charge < -0.3 is 4.74 Å². The molecule has 72 valence electrons. The maximum absolute atomic E-state index is 11.9.